The highest BCUT2D eigenvalue weighted by Gasteiger charge is 2.25. The molecule has 0 aliphatic heterocycles. The number of nitriles is 1. The van der Waals surface area contributed by atoms with Crippen LogP contribution in [0.25, 0.3) is 0 Å². The van der Waals surface area contributed by atoms with Crippen LogP contribution in [0.3, 0.4) is 0 Å². The molecule has 2 unspecified atom stereocenters. The molecule has 2 N–H and O–H groups in total. The molecule has 0 saturated carbocycles. The van der Waals surface area contributed by atoms with Gasteiger partial charge < -0.3 is 5.73 Å². The van der Waals surface area contributed by atoms with Crippen LogP contribution >= 0.6 is 0 Å². The van der Waals surface area contributed by atoms with Gasteiger partial charge in [0, 0.05) is 19.1 Å². The molecule has 110 valence electrons. The summed E-state index contributed by atoms with van der Waals surface area (Å²) < 4.78 is 26.2. The minimum atomic E-state index is -3.60. The van der Waals surface area contributed by atoms with Gasteiger partial charge >= 0.3 is 0 Å². The molecule has 0 fully saturated rings. The van der Waals surface area contributed by atoms with E-state index in [1.807, 2.05) is 19.1 Å². The summed E-state index contributed by atoms with van der Waals surface area (Å²) in [5.41, 5.74) is 6.74. The summed E-state index contributed by atoms with van der Waals surface area (Å²) in [4.78, 5) is 0.214. The smallest absolute Gasteiger partial charge is 0.243 e. The average molecular weight is 295 g/mol. The Morgan fingerprint density at radius 2 is 2.10 bits per heavy atom. The standard InChI is InChI=1S/C14H21N3O2S/c1-4-14(16)12-6-5-7-13(10-12)20(18,19)17(3)11(2)8-9-15/h5-7,10-11,14H,4,8,16H2,1-3H3. The number of sulfonamides is 1. The minimum absolute atomic E-state index is 0.157. The van der Waals surface area contributed by atoms with Crippen molar-refractivity contribution in [1.29, 1.82) is 5.26 Å². The lowest BCUT2D eigenvalue weighted by Gasteiger charge is -2.23. The molecular weight excluding hydrogens is 274 g/mol. The predicted octanol–water partition coefficient (Wildman–Crippen LogP) is 2.02. The second-order valence-electron chi connectivity index (χ2n) is 4.82. The Balaban J connectivity index is 3.13. The molecule has 0 aromatic heterocycles. The van der Waals surface area contributed by atoms with Gasteiger partial charge in [0.1, 0.15) is 0 Å². The molecule has 5 nitrogen and oxygen atoms in total. The molecule has 0 heterocycles. The second-order valence-corrected chi connectivity index (χ2v) is 6.82. The van der Waals surface area contributed by atoms with Crippen LogP contribution in [0.2, 0.25) is 0 Å². The second kappa shape index (κ2) is 6.84. The van der Waals surface area contributed by atoms with Crippen LogP contribution < -0.4 is 5.73 Å². The van der Waals surface area contributed by atoms with E-state index in [4.69, 9.17) is 11.0 Å². The van der Waals surface area contributed by atoms with Crippen LogP contribution in [0.1, 0.15) is 38.3 Å². The van der Waals surface area contributed by atoms with E-state index in [1.54, 1.807) is 25.1 Å². The van der Waals surface area contributed by atoms with Crippen molar-refractivity contribution in [3.8, 4) is 6.07 Å². The van der Waals surface area contributed by atoms with Crippen molar-refractivity contribution >= 4 is 10.0 Å². The van der Waals surface area contributed by atoms with E-state index in [9.17, 15) is 8.42 Å². The maximum absolute atomic E-state index is 12.5. The highest BCUT2D eigenvalue weighted by Crippen LogP contribution is 2.22. The predicted molar refractivity (Wildman–Crippen MR) is 78.3 cm³/mol. The zero-order chi connectivity index (χ0) is 15.3. The zero-order valence-electron chi connectivity index (χ0n) is 12.1. The van der Waals surface area contributed by atoms with Gasteiger partial charge in [-0.05, 0) is 31.0 Å². The Hall–Kier alpha value is -1.42. The van der Waals surface area contributed by atoms with Crippen molar-refractivity contribution in [1.82, 2.24) is 4.31 Å². The van der Waals surface area contributed by atoms with Crippen LogP contribution in [0, 0.1) is 11.3 Å². The molecular formula is C14H21N3O2S. The topological polar surface area (TPSA) is 87.2 Å². The quantitative estimate of drug-likeness (QED) is 0.869. The van der Waals surface area contributed by atoms with Gasteiger partial charge in [-0.25, -0.2) is 8.42 Å². The third-order valence-electron chi connectivity index (χ3n) is 3.41. The van der Waals surface area contributed by atoms with Crippen molar-refractivity contribution in [3.63, 3.8) is 0 Å². The van der Waals surface area contributed by atoms with E-state index < -0.39 is 10.0 Å². The van der Waals surface area contributed by atoms with E-state index in [0.29, 0.717) is 0 Å². The summed E-state index contributed by atoms with van der Waals surface area (Å²) in [7, 11) is -2.11. The van der Waals surface area contributed by atoms with Crippen molar-refractivity contribution in [2.24, 2.45) is 5.73 Å². The molecule has 0 saturated heterocycles. The molecule has 6 heteroatoms. The van der Waals surface area contributed by atoms with E-state index in [1.165, 1.54) is 11.4 Å². The first kappa shape index (κ1) is 16.6. The first-order valence-corrected chi connectivity index (χ1v) is 7.99. The van der Waals surface area contributed by atoms with Gasteiger partial charge in [0.05, 0.1) is 17.4 Å². The first-order chi connectivity index (χ1) is 9.34. The molecule has 20 heavy (non-hydrogen) atoms. The maximum Gasteiger partial charge on any atom is 0.243 e. The van der Waals surface area contributed by atoms with Crippen molar-refractivity contribution in [2.45, 2.75) is 43.7 Å². The molecule has 2 atom stereocenters. The monoisotopic (exact) mass is 295 g/mol. The molecule has 0 bridgehead atoms. The van der Waals surface area contributed by atoms with Gasteiger partial charge in [-0.2, -0.15) is 9.57 Å². The van der Waals surface area contributed by atoms with E-state index in [-0.39, 0.29) is 23.4 Å². The van der Waals surface area contributed by atoms with Gasteiger partial charge in [-0.1, -0.05) is 19.1 Å². The summed E-state index contributed by atoms with van der Waals surface area (Å²) in [5, 5.41) is 8.68. The van der Waals surface area contributed by atoms with E-state index in [0.717, 1.165) is 12.0 Å². The number of nitrogens with zero attached hydrogens (tertiary/aromatic N) is 2. The number of hydrogen-bond donors (Lipinski definition) is 1. The Bertz CT molecular complexity index is 593. The van der Waals surface area contributed by atoms with Gasteiger partial charge in [0.2, 0.25) is 10.0 Å². The Morgan fingerprint density at radius 3 is 2.65 bits per heavy atom. The molecule has 1 aromatic carbocycles. The largest absolute Gasteiger partial charge is 0.324 e. The van der Waals surface area contributed by atoms with Gasteiger partial charge in [-0.15, -0.1) is 0 Å². The summed E-state index contributed by atoms with van der Waals surface area (Å²) >= 11 is 0. The third-order valence-corrected chi connectivity index (χ3v) is 5.38. The summed E-state index contributed by atoms with van der Waals surface area (Å²) in [5.74, 6) is 0. The number of rotatable bonds is 6. The molecule has 0 radical (unpaired) electrons. The van der Waals surface area contributed by atoms with Crippen molar-refractivity contribution < 1.29 is 8.42 Å². The average Bonchev–Trinajstić information content (AvgIpc) is 2.45. The SMILES string of the molecule is CCC(N)c1cccc(S(=O)(=O)N(C)C(C)CC#N)c1. The number of nitrogens with two attached hydrogens (primary N) is 1. The number of benzene rings is 1. The maximum atomic E-state index is 12.5. The zero-order valence-corrected chi connectivity index (χ0v) is 12.9. The Labute approximate surface area is 121 Å². The molecule has 0 spiro atoms. The Morgan fingerprint density at radius 1 is 1.45 bits per heavy atom. The van der Waals surface area contributed by atoms with Crippen LogP contribution in [-0.2, 0) is 10.0 Å². The Kier molecular flexibility index (Phi) is 5.69. The van der Waals surface area contributed by atoms with Crippen molar-refractivity contribution in [2.75, 3.05) is 7.05 Å². The highest BCUT2D eigenvalue weighted by atomic mass is 32.2. The summed E-state index contributed by atoms with van der Waals surface area (Å²) in [6.07, 6.45) is 0.897. The fourth-order valence-electron chi connectivity index (χ4n) is 1.81. The number of hydrogen-bond acceptors (Lipinski definition) is 4. The molecule has 1 aromatic rings. The summed E-state index contributed by atoms with van der Waals surface area (Å²) in [6, 6.07) is 8.13. The summed E-state index contributed by atoms with van der Waals surface area (Å²) in [6.45, 7) is 3.66. The lowest BCUT2D eigenvalue weighted by atomic mass is 10.1. The highest BCUT2D eigenvalue weighted by molar-refractivity contribution is 7.89. The van der Waals surface area contributed by atoms with E-state index in [2.05, 4.69) is 0 Å². The fourth-order valence-corrected chi connectivity index (χ4v) is 3.22. The molecule has 0 aliphatic rings. The van der Waals surface area contributed by atoms with Gasteiger partial charge in [0.25, 0.3) is 0 Å². The van der Waals surface area contributed by atoms with Crippen LogP contribution in [0.4, 0.5) is 0 Å². The van der Waals surface area contributed by atoms with Gasteiger partial charge in [-0.3, -0.25) is 0 Å². The molecule has 1 rings (SSSR count). The first-order valence-electron chi connectivity index (χ1n) is 6.55. The molecule has 0 amide bonds. The van der Waals surface area contributed by atoms with Crippen molar-refractivity contribution in [3.05, 3.63) is 29.8 Å². The lowest BCUT2D eigenvalue weighted by molar-refractivity contribution is 0.393. The van der Waals surface area contributed by atoms with Crippen LogP contribution in [0.5, 0.6) is 0 Å². The minimum Gasteiger partial charge on any atom is -0.324 e. The lowest BCUT2D eigenvalue weighted by Crippen LogP contribution is -2.34. The fraction of sp³-hybridized carbons (Fsp3) is 0.500. The van der Waals surface area contributed by atoms with Crippen LogP contribution in [0.15, 0.2) is 29.2 Å². The molecule has 0 aliphatic carbocycles. The normalized spacial score (nSPS) is 14.8. The third kappa shape index (κ3) is 3.57. The van der Waals surface area contributed by atoms with Crippen LogP contribution in [-0.4, -0.2) is 25.8 Å². The van der Waals surface area contributed by atoms with E-state index >= 15 is 0 Å². The van der Waals surface area contributed by atoms with Gasteiger partial charge in [0.15, 0.2) is 0 Å².